The van der Waals surface area contributed by atoms with Crippen LogP contribution >= 0.6 is 0 Å². The summed E-state index contributed by atoms with van der Waals surface area (Å²) >= 11 is 0. The van der Waals surface area contributed by atoms with Crippen molar-refractivity contribution in [3.63, 3.8) is 0 Å². The van der Waals surface area contributed by atoms with E-state index in [0.717, 1.165) is 18.5 Å². The molecule has 2 heteroatoms. The second kappa shape index (κ2) is 12.6. The van der Waals surface area contributed by atoms with E-state index >= 15 is 0 Å². The highest BCUT2D eigenvalue weighted by Crippen LogP contribution is 2.35. The number of anilines is 1. The minimum absolute atomic E-state index is 0.0266. The third-order valence-electron chi connectivity index (χ3n) is 5.34. The lowest BCUT2D eigenvalue weighted by atomic mass is 9.82. The molecule has 0 amide bonds. The normalized spacial score (nSPS) is 12.5. The van der Waals surface area contributed by atoms with E-state index in [0.29, 0.717) is 6.61 Å². The first-order valence-electron chi connectivity index (χ1n) is 10.6. The van der Waals surface area contributed by atoms with Crippen LogP contribution in [0.5, 0.6) is 0 Å². The van der Waals surface area contributed by atoms with Gasteiger partial charge in [-0.25, -0.2) is 0 Å². The Bertz CT molecular complexity index is 638. The van der Waals surface area contributed by atoms with Crippen molar-refractivity contribution in [2.75, 3.05) is 18.6 Å². The maximum atomic E-state index is 5.19. The Morgan fingerprint density at radius 2 is 1.75 bits per heavy atom. The highest BCUT2D eigenvalue weighted by Gasteiger charge is 2.28. The van der Waals surface area contributed by atoms with Crippen molar-refractivity contribution < 1.29 is 4.74 Å². The van der Waals surface area contributed by atoms with Gasteiger partial charge in [-0.1, -0.05) is 72.4 Å². The van der Waals surface area contributed by atoms with Gasteiger partial charge in [0.2, 0.25) is 0 Å². The van der Waals surface area contributed by atoms with Gasteiger partial charge in [-0.3, -0.25) is 0 Å². The van der Waals surface area contributed by atoms with Crippen LogP contribution in [-0.4, -0.2) is 19.3 Å². The Kier molecular flexibility index (Phi) is 11.8. The smallest absolute Gasteiger partial charge is 0.0647 e. The van der Waals surface area contributed by atoms with Crippen LogP contribution in [0.15, 0.2) is 60.8 Å². The summed E-state index contributed by atoms with van der Waals surface area (Å²) in [6.07, 6.45) is 10.2. The van der Waals surface area contributed by atoms with E-state index < -0.39 is 0 Å². The van der Waals surface area contributed by atoms with Gasteiger partial charge in [0.15, 0.2) is 0 Å². The molecule has 0 atom stereocenters. The molecule has 158 valence electrons. The summed E-state index contributed by atoms with van der Waals surface area (Å²) in [5.41, 5.74) is 3.84. The molecule has 0 bridgehead atoms. The van der Waals surface area contributed by atoms with Gasteiger partial charge in [0, 0.05) is 24.0 Å². The Hall–Kier alpha value is -1.80. The average molecular weight is 386 g/mol. The fraction of sp³-hybridized carbons (Fsp3) is 0.538. The molecule has 1 aromatic rings. The zero-order chi connectivity index (χ0) is 21.8. The number of ether oxygens (including phenoxy) is 1. The molecule has 0 aliphatic rings. The van der Waals surface area contributed by atoms with Crippen LogP contribution in [0.25, 0.3) is 0 Å². The van der Waals surface area contributed by atoms with Crippen LogP contribution in [-0.2, 0) is 10.2 Å². The van der Waals surface area contributed by atoms with Crippen LogP contribution < -0.4 is 4.90 Å². The van der Waals surface area contributed by atoms with Crippen LogP contribution in [0.4, 0.5) is 5.69 Å². The van der Waals surface area contributed by atoms with Crippen LogP contribution in [0.3, 0.4) is 0 Å². The van der Waals surface area contributed by atoms with Gasteiger partial charge in [0.05, 0.1) is 6.61 Å². The minimum atomic E-state index is -0.0266. The predicted molar refractivity (Wildman–Crippen MR) is 127 cm³/mol. The van der Waals surface area contributed by atoms with Gasteiger partial charge in [-0.2, -0.15) is 0 Å². The summed E-state index contributed by atoms with van der Waals surface area (Å²) < 4.78 is 5.19. The van der Waals surface area contributed by atoms with E-state index in [-0.39, 0.29) is 11.0 Å². The Morgan fingerprint density at radius 3 is 2.25 bits per heavy atom. The van der Waals surface area contributed by atoms with E-state index in [9.17, 15) is 0 Å². The number of hydrogen-bond acceptors (Lipinski definition) is 2. The lowest BCUT2D eigenvalue weighted by molar-refractivity contribution is 0.234. The predicted octanol–water partition coefficient (Wildman–Crippen LogP) is 7.67. The molecule has 0 unspecified atom stereocenters. The van der Waals surface area contributed by atoms with E-state index in [1.807, 2.05) is 26.0 Å². The lowest BCUT2D eigenvalue weighted by Crippen LogP contribution is -2.42. The fourth-order valence-corrected chi connectivity index (χ4v) is 2.87. The van der Waals surface area contributed by atoms with Crippen molar-refractivity contribution >= 4 is 5.69 Å². The number of methoxy groups -OCH3 is 1. The number of nitrogens with zero attached hydrogens (tertiary/aromatic N) is 1. The maximum Gasteiger partial charge on any atom is 0.0647 e. The first-order chi connectivity index (χ1) is 13.2. The highest BCUT2D eigenvalue weighted by molar-refractivity contribution is 5.59. The zero-order valence-corrected chi connectivity index (χ0v) is 19.8. The SMILES string of the molecule is C=C/C=C(\C=C/COC)N(c1cccc(C(C)(C)CC)c1)C(C)(C)CC.CC. The summed E-state index contributed by atoms with van der Waals surface area (Å²) in [5, 5.41) is 0. The highest BCUT2D eigenvalue weighted by atomic mass is 16.5. The van der Waals surface area contributed by atoms with Crippen molar-refractivity contribution in [3.05, 3.63) is 66.4 Å². The number of hydrogen-bond donors (Lipinski definition) is 0. The van der Waals surface area contributed by atoms with Gasteiger partial charge in [-0.05, 0) is 62.0 Å². The molecule has 0 fully saturated rings. The number of rotatable bonds is 10. The van der Waals surface area contributed by atoms with Crippen molar-refractivity contribution in [2.45, 2.75) is 79.2 Å². The second-order valence-electron chi connectivity index (χ2n) is 7.97. The molecule has 0 spiro atoms. The van der Waals surface area contributed by atoms with E-state index in [2.05, 4.69) is 89.4 Å². The largest absolute Gasteiger partial charge is 0.381 e. The van der Waals surface area contributed by atoms with Crippen molar-refractivity contribution in [1.82, 2.24) is 0 Å². The molecule has 0 saturated heterocycles. The van der Waals surface area contributed by atoms with Gasteiger partial charge < -0.3 is 9.64 Å². The summed E-state index contributed by atoms with van der Waals surface area (Å²) in [6.45, 7) is 22.2. The molecule has 0 radical (unpaired) electrons. The maximum absolute atomic E-state index is 5.19. The monoisotopic (exact) mass is 385 g/mol. The Morgan fingerprint density at radius 1 is 1.11 bits per heavy atom. The Labute approximate surface area is 175 Å². The van der Waals surface area contributed by atoms with E-state index in [1.54, 1.807) is 7.11 Å². The van der Waals surface area contributed by atoms with Crippen LogP contribution in [0, 0.1) is 0 Å². The van der Waals surface area contributed by atoms with E-state index in [1.165, 1.54) is 11.3 Å². The van der Waals surface area contributed by atoms with Crippen molar-refractivity contribution in [1.29, 1.82) is 0 Å². The van der Waals surface area contributed by atoms with Gasteiger partial charge in [0.1, 0.15) is 0 Å². The molecule has 1 rings (SSSR count). The molecule has 1 aromatic carbocycles. The summed E-state index contributed by atoms with van der Waals surface area (Å²) in [4.78, 5) is 2.41. The number of allylic oxidation sites excluding steroid dienone is 3. The molecular formula is C26H43NO. The first-order valence-corrected chi connectivity index (χ1v) is 10.6. The average Bonchev–Trinajstić information content (AvgIpc) is 2.70. The van der Waals surface area contributed by atoms with Gasteiger partial charge in [0.25, 0.3) is 0 Å². The first kappa shape index (κ1) is 26.2. The molecule has 0 aliphatic carbocycles. The molecule has 2 nitrogen and oxygen atoms in total. The van der Waals surface area contributed by atoms with Crippen LogP contribution in [0.1, 0.15) is 73.8 Å². The molecule has 0 N–H and O–H groups in total. The van der Waals surface area contributed by atoms with E-state index in [4.69, 9.17) is 4.74 Å². The van der Waals surface area contributed by atoms with Crippen LogP contribution in [0.2, 0.25) is 0 Å². The lowest BCUT2D eigenvalue weighted by Gasteiger charge is -2.41. The molecule has 0 aliphatic heterocycles. The summed E-state index contributed by atoms with van der Waals surface area (Å²) in [6, 6.07) is 8.95. The Balaban J connectivity index is 0.00000352. The molecule has 0 heterocycles. The molecular weight excluding hydrogens is 342 g/mol. The third kappa shape index (κ3) is 7.31. The molecule has 0 aromatic heterocycles. The standard InChI is InChI=1S/C24H37NO.C2H6/c1-9-14-21(17-13-18-26-8)25(24(6,7)11-3)22-16-12-15-20(19-22)23(4,5)10-2;1-2/h9,12-17,19H,1,10-11,18H2,2-8H3;1-2H3/b17-13-,21-14+;. The summed E-state index contributed by atoms with van der Waals surface area (Å²) in [7, 11) is 1.71. The quantitative estimate of drug-likeness (QED) is 0.383. The van der Waals surface area contributed by atoms with Crippen molar-refractivity contribution in [3.8, 4) is 0 Å². The molecule has 28 heavy (non-hydrogen) atoms. The third-order valence-corrected chi connectivity index (χ3v) is 5.34. The van der Waals surface area contributed by atoms with Gasteiger partial charge >= 0.3 is 0 Å². The second-order valence-corrected chi connectivity index (χ2v) is 7.97. The van der Waals surface area contributed by atoms with Crippen molar-refractivity contribution in [2.24, 2.45) is 0 Å². The topological polar surface area (TPSA) is 12.5 Å². The zero-order valence-electron chi connectivity index (χ0n) is 19.8. The minimum Gasteiger partial charge on any atom is -0.381 e. The fourth-order valence-electron chi connectivity index (χ4n) is 2.87. The number of benzene rings is 1. The summed E-state index contributed by atoms with van der Waals surface area (Å²) in [5.74, 6) is 0. The van der Waals surface area contributed by atoms with Gasteiger partial charge in [-0.15, -0.1) is 0 Å². The molecule has 0 saturated carbocycles.